The van der Waals surface area contributed by atoms with E-state index in [0.717, 1.165) is 10.9 Å². The van der Waals surface area contributed by atoms with Crippen molar-refractivity contribution in [3.05, 3.63) is 78.0 Å². The molecule has 0 saturated heterocycles. The molecule has 0 aliphatic rings. The zero-order valence-corrected chi connectivity index (χ0v) is 19.0. The average molecular weight is 447 g/mol. The number of carbonyl (C=O) groups excluding carboxylic acids is 1. The Kier molecular flexibility index (Phi) is 6.40. The lowest BCUT2D eigenvalue weighted by atomic mass is 10.1. The topological polar surface area (TPSA) is 68.2 Å². The van der Waals surface area contributed by atoms with Crippen LogP contribution in [0.1, 0.15) is 15.9 Å². The summed E-state index contributed by atoms with van der Waals surface area (Å²) < 4.78 is 29.4. The minimum atomic E-state index is -0.247. The summed E-state index contributed by atoms with van der Waals surface area (Å²) in [5.41, 5.74) is 2.04. The van der Waals surface area contributed by atoms with E-state index in [1.165, 1.54) is 18.8 Å². The van der Waals surface area contributed by atoms with Crippen LogP contribution < -0.4 is 23.7 Å². The molecule has 0 bridgehead atoms. The Hall–Kier alpha value is -4.13. The van der Waals surface area contributed by atoms with Crippen molar-refractivity contribution in [3.8, 4) is 28.7 Å². The molecule has 0 radical (unpaired) electrons. The van der Waals surface area contributed by atoms with Crippen LogP contribution in [0.2, 0.25) is 0 Å². The van der Waals surface area contributed by atoms with E-state index in [4.69, 9.17) is 23.7 Å². The average Bonchev–Trinajstić information content (AvgIpc) is 3.29. The second-order valence-corrected chi connectivity index (χ2v) is 7.21. The highest BCUT2D eigenvalue weighted by Crippen LogP contribution is 2.44. The first kappa shape index (κ1) is 22.1. The molecule has 0 N–H and O–H groups in total. The number of aromatic nitrogens is 1. The number of hydrogen-bond donors (Lipinski definition) is 0. The molecular formula is C26H25NO6. The minimum absolute atomic E-state index is 0.247. The van der Waals surface area contributed by atoms with Gasteiger partial charge < -0.3 is 23.7 Å². The van der Waals surface area contributed by atoms with Crippen LogP contribution in [0.5, 0.6) is 28.7 Å². The SMILES string of the molecule is COc1ccc(C(=O)n2ccc3cc(OC)c(OC)c(OC)c32)cc1OCc1ccccc1. The Labute approximate surface area is 192 Å². The first-order valence-corrected chi connectivity index (χ1v) is 10.3. The summed E-state index contributed by atoms with van der Waals surface area (Å²) in [6, 6.07) is 18.5. The largest absolute Gasteiger partial charge is 0.493 e. The molecule has 3 aromatic carbocycles. The fourth-order valence-corrected chi connectivity index (χ4v) is 3.73. The van der Waals surface area contributed by atoms with Crippen LogP contribution in [0, 0.1) is 0 Å². The Bertz CT molecular complexity index is 1280. The van der Waals surface area contributed by atoms with Crippen LogP contribution in [0.25, 0.3) is 10.9 Å². The number of methoxy groups -OCH3 is 4. The molecule has 0 unspecified atom stereocenters. The predicted octanol–water partition coefficient (Wildman–Crippen LogP) is 4.94. The van der Waals surface area contributed by atoms with E-state index in [-0.39, 0.29) is 5.91 Å². The van der Waals surface area contributed by atoms with Crippen LogP contribution in [0.4, 0.5) is 0 Å². The molecule has 33 heavy (non-hydrogen) atoms. The number of carbonyl (C=O) groups is 1. The summed E-state index contributed by atoms with van der Waals surface area (Å²) >= 11 is 0. The molecule has 1 aromatic heterocycles. The van der Waals surface area contributed by atoms with Crippen LogP contribution in [-0.2, 0) is 6.61 Å². The summed E-state index contributed by atoms with van der Waals surface area (Å²) in [6.45, 7) is 0.353. The van der Waals surface area contributed by atoms with Crippen LogP contribution in [0.3, 0.4) is 0 Å². The van der Waals surface area contributed by atoms with Crippen LogP contribution >= 0.6 is 0 Å². The van der Waals surface area contributed by atoms with Gasteiger partial charge in [0.15, 0.2) is 23.0 Å². The third kappa shape index (κ3) is 4.17. The molecule has 7 nitrogen and oxygen atoms in total. The van der Waals surface area contributed by atoms with E-state index in [1.807, 2.05) is 42.5 Å². The summed E-state index contributed by atoms with van der Waals surface area (Å²) in [6.07, 6.45) is 1.70. The maximum atomic E-state index is 13.5. The van der Waals surface area contributed by atoms with Crippen LogP contribution in [-0.4, -0.2) is 38.9 Å². The second kappa shape index (κ2) is 9.56. The fourth-order valence-electron chi connectivity index (χ4n) is 3.73. The van der Waals surface area contributed by atoms with Crippen molar-refractivity contribution in [2.45, 2.75) is 6.61 Å². The molecule has 0 aliphatic heterocycles. The van der Waals surface area contributed by atoms with Gasteiger partial charge in [-0.25, -0.2) is 0 Å². The zero-order valence-electron chi connectivity index (χ0n) is 19.0. The van der Waals surface area contributed by atoms with Crippen molar-refractivity contribution < 1.29 is 28.5 Å². The predicted molar refractivity (Wildman–Crippen MR) is 125 cm³/mol. The second-order valence-electron chi connectivity index (χ2n) is 7.21. The Morgan fingerprint density at radius 3 is 2.15 bits per heavy atom. The standard InChI is InChI=1S/C26H25NO6/c1-29-20-11-10-19(15-21(20)33-16-17-8-6-5-7-9-17)26(28)27-13-12-18-14-22(30-2)24(31-3)25(32-4)23(18)27/h5-15H,16H2,1-4H3. The Morgan fingerprint density at radius 2 is 1.48 bits per heavy atom. The third-order valence-electron chi connectivity index (χ3n) is 5.34. The summed E-state index contributed by atoms with van der Waals surface area (Å²) in [7, 11) is 6.18. The monoisotopic (exact) mass is 447 g/mol. The van der Waals surface area contributed by atoms with E-state index >= 15 is 0 Å². The van der Waals surface area contributed by atoms with Gasteiger partial charge in [-0.05, 0) is 35.9 Å². The van der Waals surface area contributed by atoms with Gasteiger partial charge in [-0.2, -0.15) is 0 Å². The van der Waals surface area contributed by atoms with Gasteiger partial charge in [0.25, 0.3) is 5.91 Å². The van der Waals surface area contributed by atoms with Gasteiger partial charge in [-0.1, -0.05) is 30.3 Å². The molecule has 0 fully saturated rings. The van der Waals surface area contributed by atoms with Gasteiger partial charge >= 0.3 is 0 Å². The van der Waals surface area contributed by atoms with Gasteiger partial charge in [-0.15, -0.1) is 0 Å². The van der Waals surface area contributed by atoms with E-state index in [2.05, 4.69) is 0 Å². The van der Waals surface area contributed by atoms with E-state index < -0.39 is 0 Å². The molecule has 170 valence electrons. The van der Waals surface area contributed by atoms with E-state index in [9.17, 15) is 4.79 Å². The summed E-state index contributed by atoms with van der Waals surface area (Å²) in [4.78, 5) is 13.5. The van der Waals surface area contributed by atoms with Crippen molar-refractivity contribution in [1.82, 2.24) is 4.57 Å². The zero-order chi connectivity index (χ0) is 23.4. The lowest BCUT2D eigenvalue weighted by Crippen LogP contribution is -2.12. The molecule has 0 amide bonds. The lowest BCUT2D eigenvalue weighted by molar-refractivity contribution is 0.0964. The number of nitrogens with zero attached hydrogens (tertiary/aromatic N) is 1. The maximum Gasteiger partial charge on any atom is 0.262 e. The quantitative estimate of drug-likeness (QED) is 0.381. The van der Waals surface area contributed by atoms with Gasteiger partial charge in [0.2, 0.25) is 5.75 Å². The number of ether oxygens (including phenoxy) is 5. The number of hydrogen-bond acceptors (Lipinski definition) is 6. The first-order chi connectivity index (χ1) is 16.1. The molecule has 4 rings (SSSR count). The molecule has 0 aliphatic carbocycles. The number of benzene rings is 3. The van der Waals surface area contributed by atoms with Gasteiger partial charge in [0.05, 0.1) is 28.4 Å². The van der Waals surface area contributed by atoms with E-state index in [1.54, 1.807) is 38.6 Å². The van der Waals surface area contributed by atoms with Gasteiger partial charge in [0.1, 0.15) is 12.1 Å². The highest BCUT2D eigenvalue weighted by Gasteiger charge is 2.22. The third-order valence-corrected chi connectivity index (χ3v) is 5.34. The van der Waals surface area contributed by atoms with Crippen LogP contribution in [0.15, 0.2) is 66.9 Å². The summed E-state index contributed by atoms with van der Waals surface area (Å²) in [5, 5.41) is 0.784. The smallest absolute Gasteiger partial charge is 0.262 e. The highest BCUT2D eigenvalue weighted by molar-refractivity contribution is 6.05. The molecule has 0 spiro atoms. The minimum Gasteiger partial charge on any atom is -0.493 e. The maximum absolute atomic E-state index is 13.5. The Balaban J connectivity index is 1.73. The molecule has 0 saturated carbocycles. The molecular weight excluding hydrogens is 422 g/mol. The Morgan fingerprint density at radius 1 is 0.758 bits per heavy atom. The first-order valence-electron chi connectivity index (χ1n) is 10.3. The molecule has 4 aromatic rings. The van der Waals surface area contributed by atoms with Crippen molar-refractivity contribution in [2.24, 2.45) is 0 Å². The fraction of sp³-hybridized carbons (Fsp3) is 0.192. The van der Waals surface area contributed by atoms with E-state index in [0.29, 0.717) is 46.4 Å². The lowest BCUT2D eigenvalue weighted by Gasteiger charge is -2.15. The normalized spacial score (nSPS) is 10.7. The van der Waals surface area contributed by atoms with Crippen molar-refractivity contribution in [1.29, 1.82) is 0 Å². The van der Waals surface area contributed by atoms with Gasteiger partial charge in [0, 0.05) is 17.1 Å². The molecule has 0 atom stereocenters. The molecule has 1 heterocycles. The van der Waals surface area contributed by atoms with Gasteiger partial charge in [-0.3, -0.25) is 9.36 Å². The van der Waals surface area contributed by atoms with Crippen molar-refractivity contribution in [3.63, 3.8) is 0 Å². The number of fused-ring (bicyclic) bond motifs is 1. The molecule has 7 heteroatoms. The summed E-state index contributed by atoms with van der Waals surface area (Å²) in [5.74, 6) is 2.13. The highest BCUT2D eigenvalue weighted by atomic mass is 16.5. The number of rotatable bonds is 8. The van der Waals surface area contributed by atoms with Crippen molar-refractivity contribution >= 4 is 16.8 Å². The van der Waals surface area contributed by atoms with Crippen molar-refractivity contribution in [2.75, 3.05) is 28.4 Å².